The van der Waals surface area contributed by atoms with Gasteiger partial charge in [-0.25, -0.2) is 9.97 Å². The summed E-state index contributed by atoms with van der Waals surface area (Å²) >= 11 is 1.83. The van der Waals surface area contributed by atoms with Gasteiger partial charge in [-0.15, -0.1) is 11.3 Å². The van der Waals surface area contributed by atoms with Crippen molar-refractivity contribution in [3.8, 4) is 28.3 Å². The topological polar surface area (TPSA) is 30.7 Å². The summed E-state index contributed by atoms with van der Waals surface area (Å²) in [6.45, 7) is 6.04. The molecule has 0 fully saturated rings. The molecule has 0 N–H and O–H groups in total. The van der Waals surface area contributed by atoms with Crippen molar-refractivity contribution >= 4 is 80.6 Å². The fraction of sp³-hybridized carbons (Fsp3) is 0.0204. The summed E-state index contributed by atoms with van der Waals surface area (Å²) < 4.78 is 4.74. The van der Waals surface area contributed by atoms with E-state index in [4.69, 9.17) is 9.97 Å². The van der Waals surface area contributed by atoms with Crippen LogP contribution in [0.2, 0.25) is 0 Å². The van der Waals surface area contributed by atoms with Crippen LogP contribution < -0.4 is 0 Å². The van der Waals surface area contributed by atoms with Crippen LogP contribution in [0.5, 0.6) is 0 Å². The van der Waals surface area contributed by atoms with E-state index in [1.165, 1.54) is 41.7 Å². The van der Waals surface area contributed by atoms with Crippen molar-refractivity contribution in [1.82, 2.24) is 14.5 Å². The van der Waals surface area contributed by atoms with Crippen molar-refractivity contribution < 1.29 is 0 Å². The van der Waals surface area contributed by atoms with Crippen molar-refractivity contribution in [2.45, 2.75) is 6.92 Å². The molecule has 4 heteroatoms. The van der Waals surface area contributed by atoms with Crippen LogP contribution in [0.3, 0.4) is 0 Å². The molecule has 3 heterocycles. The number of nitrogens with zero attached hydrogens (tertiary/aromatic N) is 3. The lowest BCUT2D eigenvalue weighted by Crippen LogP contribution is -2.04. The Hall–Kier alpha value is -6.62. The van der Waals surface area contributed by atoms with Gasteiger partial charge in [0.2, 0.25) is 5.95 Å². The molecule has 0 saturated carbocycles. The molecule has 0 bridgehead atoms. The van der Waals surface area contributed by atoms with Crippen LogP contribution in [0, 0.1) is 0 Å². The third-order valence-electron chi connectivity index (χ3n) is 10.3. The predicted octanol–water partition coefficient (Wildman–Crippen LogP) is 13.7. The number of hydrogen-bond acceptors (Lipinski definition) is 3. The predicted molar refractivity (Wildman–Crippen MR) is 228 cm³/mol. The molecular formula is C49H33N3S. The van der Waals surface area contributed by atoms with E-state index >= 15 is 0 Å². The van der Waals surface area contributed by atoms with Gasteiger partial charge in [-0.3, -0.25) is 4.57 Å². The van der Waals surface area contributed by atoms with Gasteiger partial charge in [0.15, 0.2) is 0 Å². The van der Waals surface area contributed by atoms with E-state index in [-0.39, 0.29) is 0 Å². The van der Waals surface area contributed by atoms with E-state index in [0.717, 1.165) is 55.5 Å². The highest BCUT2D eigenvalue weighted by Gasteiger charge is 2.22. The smallest absolute Gasteiger partial charge is 0.235 e. The second-order valence-electron chi connectivity index (χ2n) is 13.3. The van der Waals surface area contributed by atoms with Crippen LogP contribution in [-0.4, -0.2) is 14.5 Å². The third-order valence-corrected chi connectivity index (χ3v) is 11.6. The van der Waals surface area contributed by atoms with Crippen LogP contribution in [0.25, 0.3) is 97.6 Å². The van der Waals surface area contributed by atoms with Crippen LogP contribution >= 0.6 is 11.3 Å². The number of para-hydroxylation sites is 1. The summed E-state index contributed by atoms with van der Waals surface area (Å²) in [7, 11) is 0. The maximum atomic E-state index is 5.61. The van der Waals surface area contributed by atoms with Gasteiger partial charge >= 0.3 is 0 Å². The molecule has 3 nitrogen and oxygen atoms in total. The molecule has 10 aromatic rings. The first kappa shape index (κ1) is 31.1. The normalized spacial score (nSPS) is 12.4. The molecule has 0 aliphatic rings. The molecule has 0 radical (unpaired) electrons. The second kappa shape index (κ2) is 12.6. The fourth-order valence-electron chi connectivity index (χ4n) is 7.88. The van der Waals surface area contributed by atoms with Gasteiger partial charge < -0.3 is 0 Å². The van der Waals surface area contributed by atoms with Crippen molar-refractivity contribution in [1.29, 1.82) is 0 Å². The average molecular weight is 696 g/mol. The maximum absolute atomic E-state index is 5.61. The zero-order valence-corrected chi connectivity index (χ0v) is 29.9. The number of benzene rings is 7. The Bertz CT molecular complexity index is 3140. The molecule has 0 aliphatic carbocycles. The molecule has 53 heavy (non-hydrogen) atoms. The number of hydrogen-bond donors (Lipinski definition) is 0. The zero-order valence-electron chi connectivity index (χ0n) is 29.1. The SMILES string of the molecule is C=C/C=C\C(=C/C)c1cc2c(-c3cccc4c3sc3ccccc34)nc(-n3c4ccccc4c4cc5ccccc5cc43)nc2cc1-c1ccccc1. The highest BCUT2D eigenvalue weighted by molar-refractivity contribution is 7.26. The van der Waals surface area contributed by atoms with E-state index < -0.39 is 0 Å². The molecule has 10 rings (SSSR count). The first-order valence-electron chi connectivity index (χ1n) is 17.9. The quantitative estimate of drug-likeness (QED) is 0.162. The van der Waals surface area contributed by atoms with Crippen LogP contribution in [0.15, 0.2) is 176 Å². The molecule has 7 aromatic carbocycles. The summed E-state index contributed by atoms with van der Waals surface area (Å²) in [4.78, 5) is 11.1. The van der Waals surface area contributed by atoms with Gasteiger partial charge in [-0.1, -0.05) is 140 Å². The maximum Gasteiger partial charge on any atom is 0.235 e. The van der Waals surface area contributed by atoms with Gasteiger partial charge in [-0.2, -0.15) is 0 Å². The summed E-state index contributed by atoms with van der Waals surface area (Å²) in [5.41, 5.74) is 9.54. The number of fused-ring (bicyclic) bond motifs is 8. The highest BCUT2D eigenvalue weighted by atomic mass is 32.1. The Balaban J connectivity index is 1.36. The first-order chi connectivity index (χ1) is 26.2. The van der Waals surface area contributed by atoms with Crippen molar-refractivity contribution in [2.75, 3.05) is 0 Å². The fourth-order valence-corrected chi connectivity index (χ4v) is 9.10. The van der Waals surface area contributed by atoms with Gasteiger partial charge in [0, 0.05) is 41.9 Å². The Kier molecular flexibility index (Phi) is 7.38. The van der Waals surface area contributed by atoms with Crippen LogP contribution in [0.4, 0.5) is 0 Å². The lowest BCUT2D eigenvalue weighted by molar-refractivity contribution is 1.01. The average Bonchev–Trinajstić information content (AvgIpc) is 3.75. The summed E-state index contributed by atoms with van der Waals surface area (Å²) in [6, 6.07) is 52.2. The summed E-state index contributed by atoms with van der Waals surface area (Å²) in [5, 5.41) is 8.27. The summed E-state index contributed by atoms with van der Waals surface area (Å²) in [6.07, 6.45) is 8.12. The standard InChI is InChI=1S/C49H33N3S/c1-3-5-16-31(4-2)39-29-42-43(30-40(39)32-17-7-6-8-18-32)50-49(51-47(42)38-24-15-23-37-36-22-12-14-26-46(36)53-48(37)38)52-44-25-13-11-21-35(44)41-27-33-19-9-10-20-34(33)28-45(41)52/h3-30H,1H2,2H3/b16-5-,31-4+. The van der Waals surface area contributed by atoms with E-state index in [1.54, 1.807) is 0 Å². The molecule has 250 valence electrons. The number of aromatic nitrogens is 3. The summed E-state index contributed by atoms with van der Waals surface area (Å²) in [5.74, 6) is 0.650. The minimum atomic E-state index is 0.650. The lowest BCUT2D eigenvalue weighted by atomic mass is 9.91. The molecule has 3 aromatic heterocycles. The number of thiophene rings is 1. The number of allylic oxidation sites excluding steroid dienone is 5. The van der Waals surface area contributed by atoms with E-state index in [0.29, 0.717) is 5.95 Å². The minimum absolute atomic E-state index is 0.650. The van der Waals surface area contributed by atoms with Gasteiger partial charge in [-0.05, 0) is 76.4 Å². The monoisotopic (exact) mass is 695 g/mol. The second-order valence-corrected chi connectivity index (χ2v) is 14.4. The van der Waals surface area contributed by atoms with Crippen molar-refractivity contribution in [2.24, 2.45) is 0 Å². The Labute approximate surface area is 311 Å². The van der Waals surface area contributed by atoms with Crippen LogP contribution in [0.1, 0.15) is 12.5 Å². The molecule has 0 atom stereocenters. The zero-order chi connectivity index (χ0) is 35.5. The molecule has 0 saturated heterocycles. The highest BCUT2D eigenvalue weighted by Crippen LogP contribution is 2.43. The van der Waals surface area contributed by atoms with E-state index in [1.807, 2.05) is 23.5 Å². The van der Waals surface area contributed by atoms with Gasteiger partial charge in [0.1, 0.15) is 0 Å². The number of rotatable bonds is 6. The van der Waals surface area contributed by atoms with E-state index in [2.05, 4.69) is 176 Å². The first-order valence-corrected chi connectivity index (χ1v) is 18.7. The molecule has 0 aliphatic heterocycles. The minimum Gasteiger partial charge on any atom is -0.278 e. The van der Waals surface area contributed by atoms with Gasteiger partial charge in [0.25, 0.3) is 0 Å². The third kappa shape index (κ3) is 5.02. The lowest BCUT2D eigenvalue weighted by Gasteiger charge is -2.17. The Morgan fingerprint density at radius 2 is 1.36 bits per heavy atom. The van der Waals surface area contributed by atoms with E-state index in [9.17, 15) is 0 Å². The molecular weight excluding hydrogens is 663 g/mol. The Morgan fingerprint density at radius 1 is 0.623 bits per heavy atom. The van der Waals surface area contributed by atoms with Crippen molar-refractivity contribution in [3.05, 3.63) is 182 Å². The molecule has 0 unspecified atom stereocenters. The Morgan fingerprint density at radius 3 is 2.19 bits per heavy atom. The van der Waals surface area contributed by atoms with Crippen molar-refractivity contribution in [3.63, 3.8) is 0 Å². The molecule has 0 spiro atoms. The largest absolute Gasteiger partial charge is 0.278 e. The molecule has 0 amide bonds. The van der Waals surface area contributed by atoms with Gasteiger partial charge in [0.05, 0.1) is 22.2 Å². The van der Waals surface area contributed by atoms with Crippen LogP contribution in [-0.2, 0) is 0 Å².